The van der Waals surface area contributed by atoms with Crippen molar-refractivity contribution in [3.05, 3.63) is 70.8 Å². The van der Waals surface area contributed by atoms with Gasteiger partial charge in [-0.1, -0.05) is 37.1 Å². The number of hydrogen-bond acceptors (Lipinski definition) is 18. The van der Waals surface area contributed by atoms with Crippen LogP contribution in [0.3, 0.4) is 0 Å². The standard InChI is InChI=1S/C80H108N4O18/c1-73(2,3)97-59(87)35-41-79(42-36-60(88)98-74(4,5)6,43-37-61(89)99-75(7,8)9)81-57(85)25-21-19-23-47-83-69(93)53-31-27-49-51-29-33-55-68-56(34-30-52(66(51)68)50-28-32-54(70(83)94)67(53)65(49)50)72(96)84(71(55)95)48-24-20-22-26-58(86)82-80(44-38-62(90)100-76(10,11)12,45-39-63(91)101-77(13,14)15)46-40-64(92)102-78(16,17)18/h27-34H,19-26,35-48H2,1-18H3,(H,81,85)(H,82,86). The highest BCUT2D eigenvalue weighted by Crippen LogP contribution is 2.47. The van der Waals surface area contributed by atoms with Crippen LogP contribution in [-0.4, -0.2) is 139 Å². The Balaban J connectivity index is 1.02. The van der Waals surface area contributed by atoms with Crippen LogP contribution >= 0.6 is 0 Å². The Kier molecular flexibility index (Phi) is 25.3. The van der Waals surface area contributed by atoms with Gasteiger partial charge in [-0.3, -0.25) is 67.3 Å². The zero-order valence-electron chi connectivity index (χ0n) is 63.4. The largest absolute Gasteiger partial charge is 0.460 e. The van der Waals surface area contributed by atoms with E-state index in [1.54, 1.807) is 149 Å². The summed E-state index contributed by atoms with van der Waals surface area (Å²) >= 11 is 0. The summed E-state index contributed by atoms with van der Waals surface area (Å²) in [6.45, 7) is 31.6. The molecule has 0 saturated heterocycles. The Morgan fingerprint density at radius 2 is 0.490 bits per heavy atom. The summed E-state index contributed by atoms with van der Waals surface area (Å²) < 4.78 is 33.6. The SMILES string of the molecule is CC(C)(C)OC(=O)CCC(CCC(=O)OC(C)(C)C)(CCC(=O)OC(C)(C)C)NC(=O)CCCCCN1C(=O)c2ccc3c4ccc5c6c(ccc(c7ccc(c2c37)C1=O)c64)C(=O)N(CCCCCC(=O)NC(CCC(=O)OC(C)(C)C)(CCC(=O)OC(C)(C)C)CCC(=O)OC(C)(C)C)C5=O. The van der Waals surface area contributed by atoms with E-state index < -0.39 is 104 Å². The normalized spacial score (nSPS) is 14.0. The van der Waals surface area contributed by atoms with Gasteiger partial charge in [-0.2, -0.15) is 0 Å². The topological polar surface area (TPSA) is 291 Å². The molecule has 0 aromatic heterocycles. The number of carbonyl (C=O) groups excluding carboxylic acids is 12. The van der Waals surface area contributed by atoms with Crippen molar-refractivity contribution >= 4 is 114 Å². The van der Waals surface area contributed by atoms with E-state index in [1.165, 1.54) is 9.80 Å². The van der Waals surface area contributed by atoms with Gasteiger partial charge in [0.25, 0.3) is 23.6 Å². The molecule has 6 amide bonds. The number of fused-ring (bicyclic) bond motifs is 2. The van der Waals surface area contributed by atoms with Gasteiger partial charge in [0.2, 0.25) is 11.8 Å². The van der Waals surface area contributed by atoms with Gasteiger partial charge in [-0.25, -0.2) is 0 Å². The fourth-order valence-corrected chi connectivity index (χ4v) is 13.5. The number of unbranched alkanes of at least 4 members (excludes halogenated alkanes) is 4. The molecule has 0 spiro atoms. The molecule has 2 N–H and O–H groups in total. The van der Waals surface area contributed by atoms with Crippen LogP contribution < -0.4 is 10.6 Å². The first-order valence-electron chi connectivity index (χ1n) is 36.0. The number of esters is 6. The molecule has 7 rings (SSSR count). The summed E-state index contributed by atoms with van der Waals surface area (Å²) in [7, 11) is 0. The van der Waals surface area contributed by atoms with Crippen LogP contribution in [-0.2, 0) is 66.8 Å². The van der Waals surface area contributed by atoms with Gasteiger partial charge in [0, 0.05) is 109 Å². The molecule has 0 unspecified atom stereocenters. The number of ether oxygens (including phenoxy) is 6. The average Bonchev–Trinajstić information content (AvgIpc) is 0.691. The summed E-state index contributed by atoms with van der Waals surface area (Å²) in [6.07, 6.45) is 2.17. The van der Waals surface area contributed by atoms with Crippen LogP contribution in [0.5, 0.6) is 0 Å². The minimum absolute atomic E-state index is 0.0274. The molecule has 556 valence electrons. The van der Waals surface area contributed by atoms with E-state index in [1.807, 2.05) is 24.3 Å². The summed E-state index contributed by atoms with van der Waals surface area (Å²) in [5.41, 5.74) is -5.70. The number of rotatable bonds is 32. The summed E-state index contributed by atoms with van der Waals surface area (Å²) in [6, 6.07) is 14.2. The Hall–Kier alpha value is -8.56. The number of amides is 6. The zero-order valence-corrected chi connectivity index (χ0v) is 63.4. The maximum Gasteiger partial charge on any atom is 0.306 e. The van der Waals surface area contributed by atoms with E-state index in [0.717, 1.165) is 21.5 Å². The molecule has 0 aliphatic carbocycles. The maximum absolute atomic E-state index is 14.5. The molecule has 2 aliphatic rings. The van der Waals surface area contributed by atoms with Crippen LogP contribution in [0.4, 0.5) is 0 Å². The van der Waals surface area contributed by atoms with Crippen LogP contribution in [0, 0.1) is 0 Å². The number of nitrogens with one attached hydrogen (secondary N) is 2. The highest BCUT2D eigenvalue weighted by Gasteiger charge is 2.41. The molecule has 22 heteroatoms. The molecule has 0 bridgehead atoms. The molecule has 22 nitrogen and oxygen atoms in total. The summed E-state index contributed by atoms with van der Waals surface area (Å²) in [4.78, 5) is 167. The number of carbonyl (C=O) groups is 12. The van der Waals surface area contributed by atoms with Gasteiger partial charge in [-0.05, 0) is 245 Å². The third-order valence-corrected chi connectivity index (χ3v) is 17.6. The summed E-state index contributed by atoms with van der Waals surface area (Å²) in [5, 5.41) is 11.5. The van der Waals surface area contributed by atoms with Gasteiger partial charge in [-0.15, -0.1) is 0 Å². The van der Waals surface area contributed by atoms with Gasteiger partial charge >= 0.3 is 35.8 Å². The lowest BCUT2D eigenvalue weighted by Gasteiger charge is -2.36. The maximum atomic E-state index is 14.5. The Morgan fingerprint density at radius 3 is 0.686 bits per heavy atom. The molecule has 2 heterocycles. The Morgan fingerprint density at radius 1 is 0.284 bits per heavy atom. The number of hydrogen-bond donors (Lipinski definition) is 2. The van der Waals surface area contributed by atoms with E-state index in [0.29, 0.717) is 82.3 Å². The quantitative estimate of drug-likeness (QED) is 0.0101. The van der Waals surface area contributed by atoms with E-state index in [4.69, 9.17) is 28.4 Å². The fourth-order valence-electron chi connectivity index (χ4n) is 13.5. The third kappa shape index (κ3) is 22.2. The van der Waals surface area contributed by atoms with Crippen LogP contribution in [0.1, 0.15) is 294 Å². The zero-order chi connectivity index (χ0) is 75.9. The second kappa shape index (κ2) is 32.0. The smallest absolute Gasteiger partial charge is 0.306 e. The third-order valence-electron chi connectivity index (χ3n) is 17.6. The summed E-state index contributed by atoms with van der Waals surface area (Å²) in [5.74, 6) is -5.67. The van der Waals surface area contributed by atoms with E-state index >= 15 is 0 Å². The predicted molar refractivity (Wildman–Crippen MR) is 388 cm³/mol. The van der Waals surface area contributed by atoms with Crippen LogP contribution in [0.2, 0.25) is 0 Å². The number of nitrogens with zero attached hydrogens (tertiary/aromatic N) is 2. The lowest BCUT2D eigenvalue weighted by molar-refractivity contribution is -0.158. The van der Waals surface area contributed by atoms with Gasteiger partial charge in [0.15, 0.2) is 0 Å². The van der Waals surface area contributed by atoms with E-state index in [2.05, 4.69) is 10.6 Å². The lowest BCUT2D eigenvalue weighted by atomic mass is 9.82. The predicted octanol–water partition coefficient (Wildman–Crippen LogP) is 14.5. The van der Waals surface area contributed by atoms with E-state index in [-0.39, 0.29) is 115 Å². The van der Waals surface area contributed by atoms with Crippen molar-refractivity contribution in [1.82, 2.24) is 20.4 Å². The molecular formula is C80H108N4O18. The van der Waals surface area contributed by atoms with Gasteiger partial charge in [0.1, 0.15) is 33.6 Å². The van der Waals surface area contributed by atoms with Crippen LogP contribution in [0.15, 0.2) is 48.5 Å². The molecular weight excluding hydrogens is 1300 g/mol. The fraction of sp³-hybridized carbons (Fsp3) is 0.600. The minimum atomic E-state index is -1.20. The average molecular weight is 1410 g/mol. The molecule has 5 aromatic carbocycles. The highest BCUT2D eigenvalue weighted by atomic mass is 16.6. The molecule has 2 aliphatic heterocycles. The van der Waals surface area contributed by atoms with Crippen molar-refractivity contribution in [2.45, 2.75) is 298 Å². The second-order valence-electron chi connectivity index (χ2n) is 33.5. The molecule has 102 heavy (non-hydrogen) atoms. The first-order valence-corrected chi connectivity index (χ1v) is 36.0. The Labute approximate surface area is 599 Å². The minimum Gasteiger partial charge on any atom is -0.460 e. The van der Waals surface area contributed by atoms with Crippen molar-refractivity contribution in [2.24, 2.45) is 0 Å². The van der Waals surface area contributed by atoms with Gasteiger partial charge in [0.05, 0.1) is 0 Å². The lowest BCUT2D eigenvalue weighted by Crippen LogP contribution is -2.50. The van der Waals surface area contributed by atoms with Crippen molar-refractivity contribution in [3.63, 3.8) is 0 Å². The van der Waals surface area contributed by atoms with Crippen molar-refractivity contribution < 1.29 is 86.0 Å². The molecule has 0 radical (unpaired) electrons. The van der Waals surface area contributed by atoms with Crippen LogP contribution in [0.25, 0.3) is 43.1 Å². The monoisotopic (exact) mass is 1410 g/mol. The van der Waals surface area contributed by atoms with Crippen molar-refractivity contribution in [3.8, 4) is 0 Å². The Bertz CT molecular complexity index is 3490. The molecule has 5 aromatic rings. The van der Waals surface area contributed by atoms with Crippen molar-refractivity contribution in [2.75, 3.05) is 13.1 Å². The highest BCUT2D eigenvalue weighted by molar-refractivity contribution is 6.41. The van der Waals surface area contributed by atoms with Gasteiger partial charge < -0.3 is 39.1 Å². The molecule has 0 atom stereocenters. The second-order valence-corrected chi connectivity index (χ2v) is 33.5. The molecule has 0 fully saturated rings. The number of benzene rings is 5. The first-order chi connectivity index (χ1) is 47.2. The first kappa shape index (κ1) is 80.7. The molecule has 0 saturated carbocycles. The van der Waals surface area contributed by atoms with Crippen molar-refractivity contribution in [1.29, 1.82) is 0 Å². The number of imide groups is 2. The van der Waals surface area contributed by atoms with E-state index in [9.17, 15) is 57.5 Å².